The molecule has 6 rings (SSSR count). The quantitative estimate of drug-likeness (QED) is 0.201. The van der Waals surface area contributed by atoms with Crippen LogP contribution in [0.3, 0.4) is 0 Å². The van der Waals surface area contributed by atoms with Gasteiger partial charge in [0.2, 0.25) is 0 Å². The monoisotopic (exact) mass is 602 g/mol. The lowest BCUT2D eigenvalue weighted by Crippen LogP contribution is -2.22. The van der Waals surface area contributed by atoms with E-state index in [0.29, 0.717) is 6.73 Å². The van der Waals surface area contributed by atoms with Crippen LogP contribution in [-0.4, -0.2) is 53.0 Å². The molecule has 0 radical (unpaired) electrons. The van der Waals surface area contributed by atoms with Crippen LogP contribution < -0.4 is 0 Å². The summed E-state index contributed by atoms with van der Waals surface area (Å²) >= 11 is 6.85. The molecule has 6 aromatic heterocycles. The molecule has 0 aliphatic heterocycles. The van der Waals surface area contributed by atoms with Gasteiger partial charge in [0, 0.05) is 27.1 Å². The molecule has 0 unspecified atom stereocenters. The molecule has 34 heavy (non-hydrogen) atoms. The van der Waals surface area contributed by atoms with Gasteiger partial charge in [-0.25, -0.2) is 19.9 Å². The summed E-state index contributed by atoms with van der Waals surface area (Å²) in [6.45, 7) is 8.42. The molecule has 176 valence electrons. The molecule has 0 fully saturated rings. The molecule has 0 aromatic carbocycles. The minimum atomic E-state index is -1.03. The van der Waals surface area contributed by atoms with Crippen molar-refractivity contribution in [2.45, 2.75) is 32.4 Å². The van der Waals surface area contributed by atoms with Crippen LogP contribution in [0.25, 0.3) is 33.4 Å². The van der Waals surface area contributed by atoms with Crippen LogP contribution in [0.15, 0.2) is 58.8 Å². The molecule has 0 atom stereocenters. The maximum absolute atomic E-state index is 5.80. The Balaban J connectivity index is 0.000000157. The van der Waals surface area contributed by atoms with E-state index < -0.39 is 8.07 Å². The highest BCUT2D eigenvalue weighted by atomic mass is 79.9. The largest absolute Gasteiger partial charge is 0.361 e. The highest BCUT2D eigenvalue weighted by Gasteiger charge is 2.13. The van der Waals surface area contributed by atoms with Crippen molar-refractivity contribution in [3.05, 3.63) is 58.8 Å². The van der Waals surface area contributed by atoms with Crippen LogP contribution in [0.5, 0.6) is 0 Å². The lowest BCUT2D eigenvalue weighted by Gasteiger charge is -2.15. The van der Waals surface area contributed by atoms with E-state index in [1.54, 1.807) is 25.0 Å². The normalized spacial score (nSPS) is 12.1. The summed E-state index contributed by atoms with van der Waals surface area (Å²) in [5, 5.41) is 2.07. The Morgan fingerprint density at radius 2 is 1.56 bits per heavy atom. The number of nitrogens with zero attached hydrogens (tertiary/aromatic N) is 7. The van der Waals surface area contributed by atoms with Gasteiger partial charge in [-0.1, -0.05) is 19.6 Å². The van der Waals surface area contributed by atoms with E-state index in [0.717, 1.165) is 49.2 Å². The maximum atomic E-state index is 5.80. The average molecular weight is 604 g/mol. The predicted octanol–water partition coefficient (Wildman–Crippen LogP) is 5.73. The van der Waals surface area contributed by atoms with Crippen LogP contribution in [0, 0.1) is 0 Å². The molecule has 0 bridgehead atoms. The number of aromatic amines is 1. The summed E-state index contributed by atoms with van der Waals surface area (Å²) in [4.78, 5) is 20.5. The van der Waals surface area contributed by atoms with Crippen molar-refractivity contribution < 1.29 is 4.74 Å². The van der Waals surface area contributed by atoms with Gasteiger partial charge in [-0.15, -0.1) is 0 Å². The third-order valence-electron chi connectivity index (χ3n) is 5.47. The van der Waals surface area contributed by atoms with E-state index in [1.807, 2.05) is 37.9 Å². The van der Waals surface area contributed by atoms with E-state index in [9.17, 15) is 0 Å². The minimum Gasteiger partial charge on any atom is -0.361 e. The van der Waals surface area contributed by atoms with Gasteiger partial charge in [-0.2, -0.15) is 0 Å². The number of hydrogen-bond donors (Lipinski definition) is 1. The van der Waals surface area contributed by atoms with E-state index in [-0.39, 0.29) is 0 Å². The molecular weight excluding hydrogens is 580 g/mol. The summed E-state index contributed by atoms with van der Waals surface area (Å²) in [7, 11) is -1.03. The van der Waals surface area contributed by atoms with Crippen LogP contribution in [0.4, 0.5) is 0 Å². The second-order valence-corrected chi connectivity index (χ2v) is 16.4. The molecule has 6 aromatic rings. The molecule has 1 N–H and O–H groups in total. The number of fused-ring (bicyclic) bond motifs is 6. The van der Waals surface area contributed by atoms with Crippen molar-refractivity contribution >= 4 is 73.3 Å². The van der Waals surface area contributed by atoms with Crippen molar-refractivity contribution in [1.82, 2.24) is 38.3 Å². The number of nitrogens with one attached hydrogen (secondary N) is 1. The Morgan fingerprint density at radius 3 is 2.26 bits per heavy atom. The number of hydrogen-bond acceptors (Lipinski definition) is 5. The molecule has 12 heteroatoms. The molecule has 6 heterocycles. The Morgan fingerprint density at radius 1 is 0.882 bits per heavy atom. The summed E-state index contributed by atoms with van der Waals surface area (Å²) in [6, 6.07) is 5.19. The van der Waals surface area contributed by atoms with Crippen LogP contribution in [0.2, 0.25) is 25.7 Å². The molecule has 0 aliphatic rings. The minimum absolute atomic E-state index is 0.541. The van der Waals surface area contributed by atoms with Crippen molar-refractivity contribution in [3.63, 3.8) is 0 Å². The van der Waals surface area contributed by atoms with Crippen molar-refractivity contribution in [2.75, 3.05) is 6.61 Å². The van der Waals surface area contributed by atoms with Gasteiger partial charge in [0.05, 0.1) is 23.2 Å². The molecule has 0 spiro atoms. The zero-order valence-corrected chi connectivity index (χ0v) is 23.2. The summed E-state index contributed by atoms with van der Waals surface area (Å²) in [5.41, 5.74) is 3.60. The highest BCUT2D eigenvalue weighted by Crippen LogP contribution is 2.22. The Hall–Kier alpha value is -2.54. The molecule has 0 amide bonds. The third kappa shape index (κ3) is 4.54. The van der Waals surface area contributed by atoms with Gasteiger partial charge >= 0.3 is 0 Å². The first-order valence-corrected chi connectivity index (χ1v) is 16.1. The highest BCUT2D eigenvalue weighted by molar-refractivity contribution is 9.10. The first-order chi connectivity index (χ1) is 16.3. The molecule has 0 saturated carbocycles. The van der Waals surface area contributed by atoms with Crippen molar-refractivity contribution in [1.29, 1.82) is 0 Å². The molecule has 0 saturated heterocycles. The molecule has 9 nitrogen and oxygen atoms in total. The summed E-state index contributed by atoms with van der Waals surface area (Å²) < 4.78 is 13.5. The lowest BCUT2D eigenvalue weighted by atomic mass is 10.4. The number of imidazole rings is 2. The van der Waals surface area contributed by atoms with E-state index in [4.69, 9.17) is 4.74 Å². The Labute approximate surface area is 213 Å². The lowest BCUT2D eigenvalue weighted by molar-refractivity contribution is 0.0899. The topological polar surface area (TPSA) is 90.3 Å². The van der Waals surface area contributed by atoms with E-state index >= 15 is 0 Å². The summed E-state index contributed by atoms with van der Waals surface area (Å²) in [6.07, 6.45) is 11.0. The fraction of sp³-hybridized carbons (Fsp3) is 0.273. The van der Waals surface area contributed by atoms with Gasteiger partial charge in [-0.05, 0) is 50.0 Å². The number of H-pyrrole nitrogens is 1. The third-order valence-corrected chi connectivity index (χ3v) is 8.35. The van der Waals surface area contributed by atoms with Gasteiger partial charge in [-0.3, -0.25) is 8.80 Å². The predicted molar refractivity (Wildman–Crippen MR) is 143 cm³/mol. The van der Waals surface area contributed by atoms with Crippen LogP contribution in [0.1, 0.15) is 0 Å². The van der Waals surface area contributed by atoms with E-state index in [1.165, 1.54) is 6.04 Å². The Bertz CT molecular complexity index is 1590. The zero-order chi connectivity index (χ0) is 23.9. The fourth-order valence-corrected chi connectivity index (χ4v) is 5.08. The number of rotatable bonds is 5. The maximum Gasteiger partial charge on any atom is 0.149 e. The summed E-state index contributed by atoms with van der Waals surface area (Å²) in [5.74, 6) is 0. The van der Waals surface area contributed by atoms with Gasteiger partial charge in [0.25, 0.3) is 0 Å². The average Bonchev–Trinajstić information content (AvgIpc) is 3.57. The molecular formula is C22H24Br2N8OSi. The van der Waals surface area contributed by atoms with Gasteiger partial charge in [0.1, 0.15) is 51.2 Å². The SMILES string of the molecule is Brc1cnc2c3cc[nH]c3ncn12.C[Si](C)(C)CCOCn1ccc2c1ncn1c(Br)cnc21. The van der Waals surface area contributed by atoms with Crippen LogP contribution >= 0.6 is 31.9 Å². The molecule has 0 aliphatic carbocycles. The fourth-order valence-electron chi connectivity index (χ4n) is 3.60. The standard InChI is InChI=1S/C14H19BrN4OSi.C8H5BrN4/c1-21(2,3)7-6-20-10-18-5-4-11-13(18)17-9-19-12(15)8-16-14(11)19;9-6-3-11-8-5-1-2-10-7(5)12-4-13(6)8/h4-5,8-9H,6-7,10H2,1-3H3;1-4,10H. The second kappa shape index (κ2) is 9.25. The van der Waals surface area contributed by atoms with Crippen molar-refractivity contribution in [2.24, 2.45) is 0 Å². The van der Waals surface area contributed by atoms with Crippen LogP contribution in [-0.2, 0) is 11.5 Å². The number of aromatic nitrogens is 8. The van der Waals surface area contributed by atoms with E-state index in [2.05, 4.69) is 76.4 Å². The first-order valence-electron chi connectivity index (χ1n) is 10.8. The van der Waals surface area contributed by atoms with Gasteiger partial charge < -0.3 is 14.3 Å². The number of halogens is 2. The second-order valence-electron chi connectivity index (χ2n) is 9.15. The number of ether oxygens (including phenoxy) is 1. The Kier molecular flexibility index (Phi) is 6.31. The van der Waals surface area contributed by atoms with Gasteiger partial charge in [0.15, 0.2) is 0 Å². The first kappa shape index (κ1) is 23.2. The van der Waals surface area contributed by atoms with Crippen molar-refractivity contribution in [3.8, 4) is 0 Å². The smallest absolute Gasteiger partial charge is 0.149 e. The zero-order valence-electron chi connectivity index (χ0n) is 19.0.